The number of nitrogens with zero attached hydrogens (tertiary/aromatic N) is 2. The summed E-state index contributed by atoms with van der Waals surface area (Å²) in [6.45, 7) is 3.68. The first-order valence-electron chi connectivity index (χ1n) is 7.05. The van der Waals surface area contributed by atoms with E-state index in [-0.39, 0.29) is 5.57 Å². The molecule has 0 amide bonds. The predicted octanol–water partition coefficient (Wildman–Crippen LogP) is 3.66. The number of carboxylic acids is 1. The van der Waals surface area contributed by atoms with Crippen molar-refractivity contribution in [3.05, 3.63) is 41.1 Å². The first-order chi connectivity index (χ1) is 10.9. The van der Waals surface area contributed by atoms with Gasteiger partial charge in [-0.1, -0.05) is 25.1 Å². The molecular formula is C17H15ClN2O3. The second-order valence-corrected chi connectivity index (χ2v) is 5.51. The van der Waals surface area contributed by atoms with Gasteiger partial charge in [-0.15, -0.1) is 0 Å². The molecule has 1 aromatic carbocycles. The second-order valence-electron chi connectivity index (χ2n) is 5.17. The number of nitriles is 1. The number of aliphatic carboxylic acids is 1. The first kappa shape index (κ1) is 16.8. The summed E-state index contributed by atoms with van der Waals surface area (Å²) in [5.74, 6) is -0.933. The molecule has 1 aromatic heterocycles. The van der Waals surface area contributed by atoms with Crippen LogP contribution in [0, 0.1) is 18.3 Å². The van der Waals surface area contributed by atoms with Crippen LogP contribution in [0.4, 0.5) is 0 Å². The van der Waals surface area contributed by atoms with Gasteiger partial charge in [-0.2, -0.15) is 5.26 Å². The van der Waals surface area contributed by atoms with Crippen LogP contribution in [0.25, 0.3) is 17.0 Å². The highest BCUT2D eigenvalue weighted by Gasteiger charge is 2.21. The zero-order valence-electron chi connectivity index (χ0n) is 12.7. The lowest BCUT2D eigenvalue weighted by Gasteiger charge is -2.14. The summed E-state index contributed by atoms with van der Waals surface area (Å²) >= 11 is 5.39. The Morgan fingerprint density at radius 3 is 2.70 bits per heavy atom. The molecule has 0 radical (unpaired) electrons. The topological polar surface area (TPSA) is 83.1 Å². The molecule has 118 valence electrons. The Kier molecular flexibility index (Phi) is 4.87. The number of rotatable bonds is 5. The van der Waals surface area contributed by atoms with Crippen LogP contribution < -0.4 is 0 Å². The number of carbonyl (C=O) groups excluding carboxylic acids is 1. The number of carbonyl (C=O) groups is 2. The van der Waals surface area contributed by atoms with E-state index in [4.69, 9.17) is 16.9 Å². The average Bonchev–Trinajstić information content (AvgIpc) is 2.85. The van der Waals surface area contributed by atoms with Gasteiger partial charge in [0.05, 0.1) is 5.52 Å². The number of fused-ring (bicyclic) bond motifs is 1. The van der Waals surface area contributed by atoms with E-state index in [9.17, 15) is 14.7 Å². The summed E-state index contributed by atoms with van der Waals surface area (Å²) in [5.41, 5.74) is 2.09. The standard InChI is InChI=1S/C17H15ClN2O3/c1-3-14(17(22)23)20-9-12(7-11(8-19)16(18)21)13-6-4-5-10(2)15(13)20/h4-7,9,14H,3H2,1-2H3,(H,22,23). The SMILES string of the molecule is CCC(C(=O)O)n1cc(C=C(C#N)C(=O)Cl)c2cccc(C)c21. The number of halogens is 1. The molecule has 0 aliphatic rings. The van der Waals surface area contributed by atoms with E-state index in [0.717, 1.165) is 16.5 Å². The third-order valence-corrected chi connectivity index (χ3v) is 3.93. The lowest BCUT2D eigenvalue weighted by molar-refractivity contribution is -0.140. The zero-order valence-corrected chi connectivity index (χ0v) is 13.5. The molecule has 2 aromatic rings. The van der Waals surface area contributed by atoms with Crippen LogP contribution in [0.5, 0.6) is 0 Å². The van der Waals surface area contributed by atoms with Gasteiger partial charge in [-0.3, -0.25) is 4.79 Å². The molecule has 2 rings (SSSR count). The van der Waals surface area contributed by atoms with Gasteiger partial charge < -0.3 is 9.67 Å². The third-order valence-electron chi connectivity index (χ3n) is 3.72. The summed E-state index contributed by atoms with van der Waals surface area (Å²) in [4.78, 5) is 22.8. The zero-order chi connectivity index (χ0) is 17.1. The summed E-state index contributed by atoms with van der Waals surface area (Å²) in [5, 5.41) is 18.4. The fraction of sp³-hybridized carbons (Fsp3) is 0.235. The van der Waals surface area contributed by atoms with Crippen molar-refractivity contribution in [2.45, 2.75) is 26.3 Å². The van der Waals surface area contributed by atoms with E-state index in [1.165, 1.54) is 6.08 Å². The Morgan fingerprint density at radius 1 is 1.48 bits per heavy atom. The second kappa shape index (κ2) is 6.67. The van der Waals surface area contributed by atoms with Gasteiger partial charge in [0.15, 0.2) is 0 Å². The molecule has 1 unspecified atom stereocenters. The maximum atomic E-state index is 11.5. The minimum absolute atomic E-state index is 0.185. The van der Waals surface area contributed by atoms with Gasteiger partial charge in [-0.05, 0) is 36.6 Å². The van der Waals surface area contributed by atoms with Gasteiger partial charge in [0, 0.05) is 17.1 Å². The molecule has 0 aliphatic carbocycles. The molecule has 5 nitrogen and oxygen atoms in total. The van der Waals surface area contributed by atoms with Crippen LogP contribution in [0.3, 0.4) is 0 Å². The number of hydrogen-bond acceptors (Lipinski definition) is 3. The largest absolute Gasteiger partial charge is 0.480 e. The normalized spacial score (nSPS) is 12.9. The van der Waals surface area contributed by atoms with Gasteiger partial charge in [0.2, 0.25) is 0 Å². The predicted molar refractivity (Wildman–Crippen MR) is 88.1 cm³/mol. The lowest BCUT2D eigenvalue weighted by Crippen LogP contribution is -2.17. The van der Waals surface area contributed by atoms with Crippen LogP contribution in [-0.2, 0) is 9.59 Å². The molecule has 1 N–H and O–H groups in total. The molecular weight excluding hydrogens is 316 g/mol. The molecule has 6 heteroatoms. The average molecular weight is 331 g/mol. The maximum absolute atomic E-state index is 11.5. The minimum Gasteiger partial charge on any atom is -0.480 e. The minimum atomic E-state index is -0.933. The molecule has 0 spiro atoms. The van der Waals surface area contributed by atoms with Crippen molar-refractivity contribution < 1.29 is 14.7 Å². The first-order valence-corrected chi connectivity index (χ1v) is 7.43. The number of para-hydroxylation sites is 1. The highest BCUT2D eigenvalue weighted by molar-refractivity contribution is 6.68. The Bertz CT molecular complexity index is 859. The highest BCUT2D eigenvalue weighted by atomic mass is 35.5. The van der Waals surface area contributed by atoms with Crippen LogP contribution in [0.15, 0.2) is 30.0 Å². The molecule has 1 heterocycles. The Morgan fingerprint density at radius 2 is 2.17 bits per heavy atom. The highest BCUT2D eigenvalue weighted by Crippen LogP contribution is 2.30. The van der Waals surface area contributed by atoms with Crippen molar-refractivity contribution in [2.24, 2.45) is 0 Å². The molecule has 23 heavy (non-hydrogen) atoms. The summed E-state index contributed by atoms with van der Waals surface area (Å²) in [6, 6.07) is 6.59. The summed E-state index contributed by atoms with van der Waals surface area (Å²) < 4.78 is 1.67. The monoisotopic (exact) mass is 330 g/mol. The number of benzene rings is 1. The van der Waals surface area contributed by atoms with Gasteiger partial charge in [0.1, 0.15) is 17.7 Å². The smallest absolute Gasteiger partial charge is 0.326 e. The Hall–Kier alpha value is -2.58. The van der Waals surface area contributed by atoms with E-state index < -0.39 is 17.3 Å². The number of allylic oxidation sites excluding steroid dienone is 1. The maximum Gasteiger partial charge on any atom is 0.326 e. The van der Waals surface area contributed by atoms with E-state index in [1.54, 1.807) is 23.8 Å². The van der Waals surface area contributed by atoms with E-state index in [0.29, 0.717) is 12.0 Å². The van der Waals surface area contributed by atoms with Crippen LogP contribution >= 0.6 is 11.6 Å². The molecule has 0 saturated heterocycles. The van der Waals surface area contributed by atoms with Crippen molar-refractivity contribution in [3.8, 4) is 6.07 Å². The quantitative estimate of drug-likeness (QED) is 0.515. The molecule has 1 atom stereocenters. The summed E-state index contributed by atoms with van der Waals surface area (Å²) in [6.07, 6.45) is 3.45. The van der Waals surface area contributed by atoms with Crippen LogP contribution in [0.2, 0.25) is 0 Å². The van der Waals surface area contributed by atoms with E-state index >= 15 is 0 Å². The van der Waals surface area contributed by atoms with Gasteiger partial charge >= 0.3 is 5.97 Å². The van der Waals surface area contributed by atoms with Crippen molar-refractivity contribution in [1.29, 1.82) is 5.26 Å². The number of aryl methyl sites for hydroxylation is 1. The van der Waals surface area contributed by atoms with E-state index in [2.05, 4.69) is 0 Å². The van der Waals surface area contributed by atoms with Crippen molar-refractivity contribution in [2.75, 3.05) is 0 Å². The van der Waals surface area contributed by atoms with Crippen molar-refractivity contribution >= 4 is 39.8 Å². The number of carboxylic acid groups (broad SMARTS) is 1. The van der Waals surface area contributed by atoms with Gasteiger partial charge in [-0.25, -0.2) is 4.79 Å². The van der Waals surface area contributed by atoms with Gasteiger partial charge in [0.25, 0.3) is 5.24 Å². The molecule has 0 bridgehead atoms. The molecule has 0 saturated carbocycles. The van der Waals surface area contributed by atoms with Crippen molar-refractivity contribution in [1.82, 2.24) is 4.57 Å². The van der Waals surface area contributed by atoms with Crippen LogP contribution in [0.1, 0.15) is 30.5 Å². The third kappa shape index (κ3) is 3.13. The summed E-state index contributed by atoms with van der Waals surface area (Å²) in [7, 11) is 0. The molecule has 0 aliphatic heterocycles. The van der Waals surface area contributed by atoms with Crippen LogP contribution in [-0.4, -0.2) is 20.9 Å². The Labute approximate surface area is 138 Å². The molecule has 0 fully saturated rings. The van der Waals surface area contributed by atoms with E-state index in [1.807, 2.05) is 25.1 Å². The number of aromatic nitrogens is 1. The van der Waals surface area contributed by atoms with Crippen molar-refractivity contribution in [3.63, 3.8) is 0 Å². The fourth-order valence-electron chi connectivity index (χ4n) is 2.66. The lowest BCUT2D eigenvalue weighted by atomic mass is 10.1. The number of hydrogen-bond donors (Lipinski definition) is 1. The Balaban J connectivity index is 2.79. The fourth-order valence-corrected chi connectivity index (χ4v) is 2.75.